The molecule has 1 aromatic carbocycles. The van der Waals surface area contributed by atoms with E-state index < -0.39 is 0 Å². The third-order valence-corrected chi connectivity index (χ3v) is 3.66. The van der Waals surface area contributed by atoms with Crippen LogP contribution in [0, 0.1) is 6.92 Å². The van der Waals surface area contributed by atoms with Crippen molar-refractivity contribution in [1.82, 2.24) is 14.4 Å². The van der Waals surface area contributed by atoms with Crippen molar-refractivity contribution < 1.29 is 0 Å². The summed E-state index contributed by atoms with van der Waals surface area (Å²) < 4.78 is 3.74. The van der Waals surface area contributed by atoms with E-state index in [1.165, 1.54) is 0 Å². The van der Waals surface area contributed by atoms with Crippen LogP contribution in [-0.4, -0.2) is 14.4 Å². The van der Waals surface area contributed by atoms with Crippen molar-refractivity contribution in [3.8, 4) is 0 Å². The second kappa shape index (κ2) is 4.94. The summed E-state index contributed by atoms with van der Waals surface area (Å²) in [5.41, 5.74) is 2.95. The Morgan fingerprint density at radius 2 is 2.11 bits per heavy atom. The smallest absolute Gasteiger partial charge is 0.180 e. The molecule has 19 heavy (non-hydrogen) atoms. The highest BCUT2D eigenvalue weighted by molar-refractivity contribution is 9.10. The summed E-state index contributed by atoms with van der Waals surface area (Å²) in [7, 11) is 0. The van der Waals surface area contributed by atoms with Crippen LogP contribution in [-0.2, 0) is 0 Å². The number of fused-ring (bicyclic) bond motifs is 1. The fourth-order valence-corrected chi connectivity index (χ4v) is 2.75. The van der Waals surface area contributed by atoms with Crippen molar-refractivity contribution in [2.24, 2.45) is 0 Å². The zero-order valence-electron chi connectivity index (χ0n) is 10.1. The fraction of sp³-hybridized carbons (Fsp3) is 0.0769. The average molecular weight is 382 g/mol. The number of aromatic nitrogens is 3. The van der Waals surface area contributed by atoms with Crippen LogP contribution in [0.4, 0.5) is 11.5 Å². The van der Waals surface area contributed by atoms with Crippen molar-refractivity contribution in [3.05, 3.63) is 51.4 Å². The molecule has 0 fully saturated rings. The quantitative estimate of drug-likeness (QED) is 0.719. The minimum Gasteiger partial charge on any atom is -0.337 e. The average Bonchev–Trinajstić information content (AvgIpc) is 2.80. The second-order valence-electron chi connectivity index (χ2n) is 4.15. The number of halogens is 2. The molecule has 1 N–H and O–H groups in total. The molecule has 0 aliphatic carbocycles. The number of imidazole rings is 1. The molecule has 0 unspecified atom stereocenters. The molecule has 3 aromatic rings. The van der Waals surface area contributed by atoms with Gasteiger partial charge in [-0.1, -0.05) is 15.9 Å². The van der Waals surface area contributed by atoms with Gasteiger partial charge in [-0.05, 0) is 46.6 Å². The molecule has 0 aliphatic heterocycles. The molecule has 2 heterocycles. The maximum atomic E-state index is 4.44. The van der Waals surface area contributed by atoms with E-state index in [1.807, 2.05) is 35.9 Å². The molecule has 0 bridgehead atoms. The lowest BCUT2D eigenvalue weighted by molar-refractivity contribution is 1.10. The van der Waals surface area contributed by atoms with Crippen molar-refractivity contribution in [2.75, 3.05) is 5.32 Å². The highest BCUT2D eigenvalue weighted by atomic mass is 79.9. The van der Waals surface area contributed by atoms with Crippen molar-refractivity contribution in [1.29, 1.82) is 0 Å². The summed E-state index contributed by atoms with van der Waals surface area (Å²) in [6.45, 7) is 2.05. The number of hydrogen-bond acceptors (Lipinski definition) is 3. The van der Waals surface area contributed by atoms with Gasteiger partial charge in [-0.3, -0.25) is 0 Å². The molecule has 0 amide bonds. The van der Waals surface area contributed by atoms with Gasteiger partial charge in [0.05, 0.1) is 0 Å². The number of nitrogens with one attached hydrogen (secondary N) is 1. The summed E-state index contributed by atoms with van der Waals surface area (Å²) in [6, 6.07) is 6.07. The molecule has 0 aliphatic rings. The van der Waals surface area contributed by atoms with E-state index >= 15 is 0 Å². The Labute approximate surface area is 127 Å². The molecular weight excluding hydrogens is 372 g/mol. The molecule has 0 saturated carbocycles. The number of aryl methyl sites for hydroxylation is 1. The van der Waals surface area contributed by atoms with Gasteiger partial charge in [-0.25, -0.2) is 9.97 Å². The number of anilines is 2. The normalized spacial score (nSPS) is 10.9. The van der Waals surface area contributed by atoms with Gasteiger partial charge in [0.2, 0.25) is 0 Å². The van der Waals surface area contributed by atoms with Crippen LogP contribution >= 0.6 is 31.9 Å². The number of hydrogen-bond donors (Lipinski definition) is 1. The summed E-state index contributed by atoms with van der Waals surface area (Å²) in [5, 5.41) is 3.32. The highest BCUT2D eigenvalue weighted by Crippen LogP contribution is 2.25. The highest BCUT2D eigenvalue weighted by Gasteiger charge is 2.08. The minimum absolute atomic E-state index is 0.727. The number of rotatable bonds is 2. The second-order valence-corrected chi connectivity index (χ2v) is 5.88. The molecule has 0 atom stereocenters. The van der Waals surface area contributed by atoms with E-state index in [-0.39, 0.29) is 0 Å². The number of nitrogens with zero attached hydrogens (tertiary/aromatic N) is 3. The zero-order valence-corrected chi connectivity index (χ0v) is 13.2. The Morgan fingerprint density at radius 1 is 1.26 bits per heavy atom. The van der Waals surface area contributed by atoms with E-state index in [0.717, 1.165) is 31.8 Å². The first-order valence-corrected chi connectivity index (χ1v) is 7.24. The lowest BCUT2D eigenvalue weighted by atomic mass is 10.2. The molecule has 6 heteroatoms. The van der Waals surface area contributed by atoms with Gasteiger partial charge in [0, 0.05) is 28.8 Å². The standard InChI is InChI=1S/C13H10Br2N4/c1-8-6-9(14)2-3-10(8)17-12-13-16-4-5-19(13)7-11(15)18-12/h2-7H,1H3,(H,17,18). The Bertz CT molecular complexity index is 751. The number of benzene rings is 1. The molecule has 0 saturated heterocycles. The summed E-state index contributed by atoms with van der Waals surface area (Å²) in [4.78, 5) is 8.75. The van der Waals surface area contributed by atoms with Crippen molar-refractivity contribution in [2.45, 2.75) is 6.92 Å². The molecule has 3 rings (SSSR count). The first kappa shape index (κ1) is 12.6. The Kier molecular flexibility index (Phi) is 3.28. The maximum absolute atomic E-state index is 4.44. The topological polar surface area (TPSA) is 42.2 Å². The van der Waals surface area contributed by atoms with E-state index in [0.29, 0.717) is 0 Å². The third kappa shape index (κ3) is 2.50. The van der Waals surface area contributed by atoms with E-state index in [1.54, 1.807) is 6.20 Å². The zero-order chi connectivity index (χ0) is 13.4. The Morgan fingerprint density at radius 3 is 2.89 bits per heavy atom. The van der Waals surface area contributed by atoms with Crippen LogP contribution < -0.4 is 5.32 Å². The summed E-state index contributed by atoms with van der Waals surface area (Å²) in [5.74, 6) is 0.727. The first-order valence-electron chi connectivity index (χ1n) is 5.66. The molecular formula is C13H10Br2N4. The minimum atomic E-state index is 0.727. The van der Waals surface area contributed by atoms with Crippen LogP contribution in [0.5, 0.6) is 0 Å². The van der Waals surface area contributed by atoms with E-state index in [2.05, 4.69) is 53.2 Å². The maximum Gasteiger partial charge on any atom is 0.180 e. The third-order valence-electron chi connectivity index (χ3n) is 2.79. The van der Waals surface area contributed by atoms with E-state index in [9.17, 15) is 0 Å². The molecule has 2 aromatic heterocycles. The van der Waals surface area contributed by atoms with Gasteiger partial charge >= 0.3 is 0 Å². The van der Waals surface area contributed by atoms with Crippen LogP contribution in [0.25, 0.3) is 5.65 Å². The first-order chi connectivity index (χ1) is 9.13. The SMILES string of the molecule is Cc1cc(Br)ccc1Nc1nc(Br)cn2ccnc12. The molecule has 96 valence electrons. The van der Waals surface area contributed by atoms with Crippen LogP contribution in [0.2, 0.25) is 0 Å². The van der Waals surface area contributed by atoms with Gasteiger partial charge in [-0.2, -0.15) is 0 Å². The van der Waals surface area contributed by atoms with Gasteiger partial charge in [0.25, 0.3) is 0 Å². The molecule has 0 radical (unpaired) electrons. The lowest BCUT2D eigenvalue weighted by Crippen LogP contribution is -2.00. The summed E-state index contributed by atoms with van der Waals surface area (Å²) >= 11 is 6.86. The largest absolute Gasteiger partial charge is 0.337 e. The predicted molar refractivity (Wildman–Crippen MR) is 82.8 cm³/mol. The monoisotopic (exact) mass is 380 g/mol. The van der Waals surface area contributed by atoms with E-state index in [4.69, 9.17) is 0 Å². The van der Waals surface area contributed by atoms with Crippen LogP contribution in [0.3, 0.4) is 0 Å². The van der Waals surface area contributed by atoms with Crippen LogP contribution in [0.1, 0.15) is 5.56 Å². The molecule has 4 nitrogen and oxygen atoms in total. The van der Waals surface area contributed by atoms with Crippen molar-refractivity contribution >= 4 is 49.0 Å². The van der Waals surface area contributed by atoms with Gasteiger partial charge in [-0.15, -0.1) is 0 Å². The molecule has 0 spiro atoms. The van der Waals surface area contributed by atoms with Gasteiger partial charge < -0.3 is 9.72 Å². The fourth-order valence-electron chi connectivity index (χ4n) is 1.88. The van der Waals surface area contributed by atoms with Gasteiger partial charge in [0.1, 0.15) is 4.60 Å². The Balaban J connectivity index is 2.07. The van der Waals surface area contributed by atoms with Crippen molar-refractivity contribution in [3.63, 3.8) is 0 Å². The predicted octanol–water partition coefficient (Wildman–Crippen LogP) is 4.31. The Hall–Kier alpha value is -1.40. The lowest BCUT2D eigenvalue weighted by Gasteiger charge is -2.10. The summed E-state index contributed by atoms with van der Waals surface area (Å²) in [6.07, 6.45) is 5.52. The van der Waals surface area contributed by atoms with Crippen LogP contribution in [0.15, 0.2) is 45.9 Å². The van der Waals surface area contributed by atoms with Gasteiger partial charge in [0.15, 0.2) is 11.5 Å².